The maximum absolute atomic E-state index is 12.7. The molecule has 1 amide bonds. The van der Waals surface area contributed by atoms with E-state index in [0.29, 0.717) is 38.1 Å². The molecule has 0 fully saturated rings. The Morgan fingerprint density at radius 2 is 2.05 bits per heavy atom. The lowest BCUT2D eigenvalue weighted by atomic mass is 9.98. The van der Waals surface area contributed by atoms with Crippen LogP contribution >= 0.6 is 0 Å². The molecular weight excluding hydrogens is 280 g/mol. The van der Waals surface area contributed by atoms with Gasteiger partial charge in [-0.1, -0.05) is 12.1 Å². The predicted octanol–water partition coefficient (Wildman–Crippen LogP) is 2.34. The highest BCUT2D eigenvalue weighted by Gasteiger charge is 2.27. The van der Waals surface area contributed by atoms with Crippen LogP contribution in [-0.2, 0) is 17.6 Å². The van der Waals surface area contributed by atoms with E-state index in [2.05, 4.69) is 6.92 Å². The Bertz CT molecular complexity index is 675. The molecule has 5 nitrogen and oxygen atoms in total. The monoisotopic (exact) mass is 300 g/mol. The molecule has 5 heteroatoms. The minimum Gasteiger partial charge on any atom is -0.618 e. The molecule has 1 aliphatic rings. The van der Waals surface area contributed by atoms with E-state index in [0.717, 1.165) is 26.9 Å². The molecule has 0 N–H and O–H groups in total. The molecule has 2 heterocycles. The van der Waals surface area contributed by atoms with Crippen LogP contribution in [0.25, 0.3) is 10.9 Å². The SMILES string of the molecule is CCOC(=O)N1CCc2c(C)c3ccccc3[n+]([O-])c2CC1. The fourth-order valence-electron chi connectivity index (χ4n) is 3.20. The highest BCUT2D eigenvalue weighted by Crippen LogP contribution is 2.24. The second-order valence-electron chi connectivity index (χ2n) is 5.55. The summed E-state index contributed by atoms with van der Waals surface area (Å²) in [5, 5.41) is 13.6. The number of aromatic nitrogens is 1. The first-order valence-corrected chi connectivity index (χ1v) is 7.67. The number of carbonyl (C=O) groups excluding carboxylic acids is 1. The molecular formula is C17H20N2O3. The molecule has 22 heavy (non-hydrogen) atoms. The number of amides is 1. The van der Waals surface area contributed by atoms with Crippen molar-refractivity contribution in [3.63, 3.8) is 0 Å². The number of para-hydroxylation sites is 1. The van der Waals surface area contributed by atoms with Crippen LogP contribution < -0.4 is 4.73 Å². The second-order valence-corrected chi connectivity index (χ2v) is 5.55. The summed E-state index contributed by atoms with van der Waals surface area (Å²) >= 11 is 0. The van der Waals surface area contributed by atoms with Crippen molar-refractivity contribution in [3.05, 3.63) is 46.3 Å². The largest absolute Gasteiger partial charge is 0.618 e. The van der Waals surface area contributed by atoms with Crippen LogP contribution in [0.15, 0.2) is 24.3 Å². The lowest BCUT2D eigenvalue weighted by Gasteiger charge is -2.18. The number of pyridine rings is 1. The summed E-state index contributed by atoms with van der Waals surface area (Å²) in [6.45, 7) is 5.33. The van der Waals surface area contributed by atoms with E-state index >= 15 is 0 Å². The summed E-state index contributed by atoms with van der Waals surface area (Å²) in [4.78, 5) is 13.6. The van der Waals surface area contributed by atoms with Crippen molar-refractivity contribution in [1.82, 2.24) is 4.90 Å². The van der Waals surface area contributed by atoms with Crippen LogP contribution in [0.1, 0.15) is 23.7 Å². The van der Waals surface area contributed by atoms with Gasteiger partial charge in [-0.25, -0.2) is 4.79 Å². The number of hydrogen-bond donors (Lipinski definition) is 0. The Hall–Kier alpha value is -2.30. The Kier molecular flexibility index (Phi) is 3.88. The number of carbonyl (C=O) groups is 1. The van der Waals surface area contributed by atoms with Gasteiger partial charge in [-0.3, -0.25) is 0 Å². The van der Waals surface area contributed by atoms with Gasteiger partial charge in [0.2, 0.25) is 5.52 Å². The molecule has 0 spiro atoms. The standard InChI is InChI=1S/C17H20N2O3/c1-3-22-17(20)18-10-8-14-12(2)13-6-4-5-7-15(13)19(21)16(14)9-11-18/h4-7H,3,8-11H2,1-2H3. The van der Waals surface area contributed by atoms with E-state index in [1.807, 2.05) is 24.3 Å². The average Bonchev–Trinajstić information content (AvgIpc) is 2.76. The third-order valence-corrected chi connectivity index (χ3v) is 4.35. The second kappa shape index (κ2) is 5.83. The molecule has 3 rings (SSSR count). The fraction of sp³-hybridized carbons (Fsp3) is 0.412. The van der Waals surface area contributed by atoms with Crippen molar-refractivity contribution < 1.29 is 14.3 Å². The smallest absolute Gasteiger partial charge is 0.409 e. The molecule has 0 unspecified atom stereocenters. The van der Waals surface area contributed by atoms with Crippen LogP contribution in [-0.4, -0.2) is 30.7 Å². The summed E-state index contributed by atoms with van der Waals surface area (Å²) in [5.41, 5.74) is 3.69. The Balaban J connectivity index is 2.02. The van der Waals surface area contributed by atoms with Gasteiger partial charge in [-0.2, -0.15) is 4.73 Å². The van der Waals surface area contributed by atoms with Crippen LogP contribution in [0, 0.1) is 12.1 Å². The first-order chi connectivity index (χ1) is 10.6. The zero-order valence-corrected chi connectivity index (χ0v) is 13.0. The van der Waals surface area contributed by atoms with E-state index < -0.39 is 0 Å². The van der Waals surface area contributed by atoms with Crippen molar-refractivity contribution >= 4 is 17.0 Å². The Morgan fingerprint density at radius 1 is 1.32 bits per heavy atom. The van der Waals surface area contributed by atoms with E-state index in [1.54, 1.807) is 11.8 Å². The molecule has 2 aromatic rings. The summed E-state index contributed by atoms with van der Waals surface area (Å²) in [6.07, 6.45) is 0.950. The fourth-order valence-corrected chi connectivity index (χ4v) is 3.20. The topological polar surface area (TPSA) is 56.5 Å². The first-order valence-electron chi connectivity index (χ1n) is 7.67. The molecule has 0 saturated heterocycles. The molecule has 0 radical (unpaired) electrons. The number of fused-ring (bicyclic) bond motifs is 2. The number of benzene rings is 1. The van der Waals surface area contributed by atoms with Gasteiger partial charge in [0.25, 0.3) is 0 Å². The summed E-state index contributed by atoms with van der Waals surface area (Å²) in [7, 11) is 0. The minimum absolute atomic E-state index is 0.296. The van der Waals surface area contributed by atoms with Gasteiger partial charge >= 0.3 is 6.09 Å². The van der Waals surface area contributed by atoms with Crippen LogP contribution in [0.5, 0.6) is 0 Å². The number of ether oxygens (including phenoxy) is 1. The van der Waals surface area contributed by atoms with Gasteiger partial charge in [0.1, 0.15) is 0 Å². The lowest BCUT2D eigenvalue weighted by Crippen LogP contribution is -2.36. The summed E-state index contributed by atoms with van der Waals surface area (Å²) in [6, 6.07) is 7.66. The van der Waals surface area contributed by atoms with Crippen molar-refractivity contribution in [2.24, 2.45) is 0 Å². The molecule has 1 aliphatic heterocycles. The molecule has 1 aromatic carbocycles. The normalized spacial score (nSPS) is 14.5. The zero-order valence-electron chi connectivity index (χ0n) is 13.0. The molecule has 116 valence electrons. The van der Waals surface area contributed by atoms with Crippen LogP contribution in [0.2, 0.25) is 0 Å². The maximum Gasteiger partial charge on any atom is 0.409 e. The highest BCUT2D eigenvalue weighted by molar-refractivity contribution is 5.80. The average molecular weight is 300 g/mol. The quantitative estimate of drug-likeness (QED) is 0.600. The molecule has 0 bridgehead atoms. The molecule has 1 aromatic heterocycles. The van der Waals surface area contributed by atoms with Gasteiger partial charge in [-0.05, 0) is 31.9 Å². The Labute approximate surface area is 129 Å². The predicted molar refractivity (Wildman–Crippen MR) is 83.6 cm³/mol. The van der Waals surface area contributed by atoms with Gasteiger partial charge in [0, 0.05) is 24.7 Å². The number of aryl methyl sites for hydroxylation is 1. The van der Waals surface area contributed by atoms with Gasteiger partial charge < -0.3 is 14.8 Å². The van der Waals surface area contributed by atoms with Crippen molar-refractivity contribution in [1.29, 1.82) is 0 Å². The van der Waals surface area contributed by atoms with Crippen molar-refractivity contribution in [2.75, 3.05) is 19.7 Å². The maximum atomic E-state index is 12.7. The lowest BCUT2D eigenvalue weighted by molar-refractivity contribution is -0.586. The van der Waals surface area contributed by atoms with Gasteiger partial charge in [0.15, 0.2) is 5.69 Å². The summed E-state index contributed by atoms with van der Waals surface area (Å²) < 4.78 is 6.11. The summed E-state index contributed by atoms with van der Waals surface area (Å²) in [5.74, 6) is 0. The highest BCUT2D eigenvalue weighted by atomic mass is 16.6. The number of hydrogen-bond acceptors (Lipinski definition) is 3. The molecule has 0 saturated carbocycles. The Morgan fingerprint density at radius 3 is 2.82 bits per heavy atom. The molecule has 0 atom stereocenters. The zero-order chi connectivity index (χ0) is 15.7. The number of rotatable bonds is 1. The van der Waals surface area contributed by atoms with Gasteiger partial charge in [0.05, 0.1) is 18.4 Å². The van der Waals surface area contributed by atoms with Gasteiger partial charge in [-0.15, -0.1) is 0 Å². The minimum atomic E-state index is -0.296. The van der Waals surface area contributed by atoms with E-state index in [4.69, 9.17) is 4.74 Å². The van der Waals surface area contributed by atoms with E-state index in [1.165, 1.54) is 0 Å². The third-order valence-electron chi connectivity index (χ3n) is 4.35. The van der Waals surface area contributed by atoms with Crippen molar-refractivity contribution in [2.45, 2.75) is 26.7 Å². The third kappa shape index (κ3) is 2.36. The van der Waals surface area contributed by atoms with Crippen molar-refractivity contribution in [3.8, 4) is 0 Å². The van der Waals surface area contributed by atoms with Crippen LogP contribution in [0.4, 0.5) is 4.79 Å². The van der Waals surface area contributed by atoms with Crippen LogP contribution in [0.3, 0.4) is 0 Å². The van der Waals surface area contributed by atoms with E-state index in [9.17, 15) is 10.0 Å². The molecule has 0 aliphatic carbocycles. The first kappa shape index (κ1) is 14.6. The van der Waals surface area contributed by atoms with E-state index in [-0.39, 0.29) is 6.09 Å². The number of nitrogens with zero attached hydrogens (tertiary/aromatic N) is 2.